The average molecular weight is 508 g/mol. The molecule has 1 aromatic carbocycles. The van der Waals surface area contributed by atoms with Gasteiger partial charge in [-0.25, -0.2) is 0 Å². The highest BCUT2D eigenvalue weighted by atomic mass is 32.2. The SMILES string of the molecule is CCCCn1c(N2CCN(c3ccccc3)CC2)c(/C=C2\SC(=S)N(C)C2=O)c(C)c(C#N)c1=O. The van der Waals surface area contributed by atoms with E-state index in [4.69, 9.17) is 12.2 Å². The smallest absolute Gasteiger partial charge is 0.270 e. The number of thioether (sulfide) groups is 1. The number of rotatable bonds is 6. The van der Waals surface area contributed by atoms with Gasteiger partial charge in [0.05, 0.1) is 4.91 Å². The number of nitriles is 1. The van der Waals surface area contributed by atoms with Crippen LogP contribution < -0.4 is 15.4 Å². The molecule has 2 fully saturated rings. The van der Waals surface area contributed by atoms with E-state index in [2.05, 4.69) is 34.9 Å². The molecule has 2 saturated heterocycles. The Kier molecular flexibility index (Phi) is 7.63. The highest BCUT2D eigenvalue weighted by molar-refractivity contribution is 8.26. The van der Waals surface area contributed by atoms with Crippen LogP contribution in [0.2, 0.25) is 0 Å². The third kappa shape index (κ3) is 4.86. The lowest BCUT2D eigenvalue weighted by Gasteiger charge is -2.39. The summed E-state index contributed by atoms with van der Waals surface area (Å²) in [4.78, 5) is 32.7. The lowest BCUT2D eigenvalue weighted by molar-refractivity contribution is -0.121. The fourth-order valence-electron chi connectivity index (χ4n) is 4.50. The van der Waals surface area contributed by atoms with Gasteiger partial charge in [-0.1, -0.05) is 55.5 Å². The number of pyridine rings is 1. The van der Waals surface area contributed by atoms with Crippen molar-refractivity contribution in [1.82, 2.24) is 9.47 Å². The first-order valence-electron chi connectivity index (χ1n) is 11.8. The Morgan fingerprint density at radius 3 is 2.34 bits per heavy atom. The molecule has 4 rings (SSSR count). The zero-order valence-electron chi connectivity index (χ0n) is 20.3. The van der Waals surface area contributed by atoms with Gasteiger partial charge in [-0.2, -0.15) is 5.26 Å². The summed E-state index contributed by atoms with van der Waals surface area (Å²) in [5.74, 6) is 0.623. The molecule has 7 nitrogen and oxygen atoms in total. The summed E-state index contributed by atoms with van der Waals surface area (Å²) in [6.07, 6.45) is 3.56. The minimum absolute atomic E-state index is 0.131. The second-order valence-corrected chi connectivity index (χ2v) is 10.4. The van der Waals surface area contributed by atoms with Gasteiger partial charge in [-0.15, -0.1) is 0 Å². The lowest BCUT2D eigenvalue weighted by Crippen LogP contribution is -2.48. The first-order valence-corrected chi connectivity index (χ1v) is 13.0. The molecule has 2 aliphatic rings. The number of para-hydroxylation sites is 1. The fourth-order valence-corrected chi connectivity index (χ4v) is 5.66. The summed E-state index contributed by atoms with van der Waals surface area (Å²) in [6.45, 7) is 7.46. The Hall–Kier alpha value is -3.09. The molecule has 0 aliphatic carbocycles. The minimum Gasteiger partial charge on any atom is -0.368 e. The van der Waals surface area contributed by atoms with E-state index in [9.17, 15) is 14.9 Å². The van der Waals surface area contributed by atoms with Crippen LogP contribution in [0, 0.1) is 18.3 Å². The van der Waals surface area contributed by atoms with Gasteiger partial charge in [0, 0.05) is 51.0 Å². The van der Waals surface area contributed by atoms with Crippen molar-refractivity contribution < 1.29 is 4.79 Å². The van der Waals surface area contributed by atoms with Crippen molar-refractivity contribution in [3.63, 3.8) is 0 Å². The van der Waals surface area contributed by atoms with Gasteiger partial charge in [0.15, 0.2) is 0 Å². The van der Waals surface area contributed by atoms with E-state index in [1.165, 1.54) is 22.3 Å². The number of aromatic nitrogens is 1. The van der Waals surface area contributed by atoms with Crippen molar-refractivity contribution in [3.8, 4) is 6.07 Å². The predicted octanol–water partition coefficient (Wildman–Crippen LogP) is 3.99. The largest absolute Gasteiger partial charge is 0.368 e. The second kappa shape index (κ2) is 10.7. The monoisotopic (exact) mass is 507 g/mol. The van der Waals surface area contributed by atoms with Crippen molar-refractivity contribution in [2.45, 2.75) is 33.2 Å². The van der Waals surface area contributed by atoms with Gasteiger partial charge in [0.1, 0.15) is 21.8 Å². The highest BCUT2D eigenvalue weighted by Crippen LogP contribution is 2.35. The van der Waals surface area contributed by atoms with Gasteiger partial charge in [-0.05, 0) is 37.1 Å². The second-order valence-electron chi connectivity index (χ2n) is 8.71. The molecule has 2 aliphatic heterocycles. The zero-order chi connectivity index (χ0) is 25.1. The van der Waals surface area contributed by atoms with E-state index in [0.29, 0.717) is 21.3 Å². The third-order valence-corrected chi connectivity index (χ3v) is 8.03. The first-order chi connectivity index (χ1) is 16.9. The summed E-state index contributed by atoms with van der Waals surface area (Å²) in [5.41, 5.74) is 2.40. The van der Waals surface area contributed by atoms with E-state index >= 15 is 0 Å². The summed E-state index contributed by atoms with van der Waals surface area (Å²) in [7, 11) is 1.66. The van der Waals surface area contributed by atoms with Crippen LogP contribution in [0.15, 0.2) is 40.0 Å². The fraction of sp³-hybridized carbons (Fsp3) is 0.385. The Bertz CT molecular complexity index is 1270. The van der Waals surface area contributed by atoms with Crippen LogP contribution in [0.1, 0.15) is 36.5 Å². The molecule has 0 spiro atoms. The summed E-state index contributed by atoms with van der Waals surface area (Å²) < 4.78 is 2.24. The quantitative estimate of drug-likeness (QED) is 0.432. The number of benzene rings is 1. The molecule has 9 heteroatoms. The molecule has 0 bridgehead atoms. The summed E-state index contributed by atoms with van der Waals surface area (Å²) in [5, 5.41) is 9.83. The molecule has 35 heavy (non-hydrogen) atoms. The van der Waals surface area contributed by atoms with Crippen molar-refractivity contribution in [2.24, 2.45) is 0 Å². The molecule has 0 N–H and O–H groups in total. The van der Waals surface area contributed by atoms with E-state index in [0.717, 1.165) is 50.4 Å². The maximum absolute atomic E-state index is 13.4. The van der Waals surface area contributed by atoms with Gasteiger partial charge in [0.25, 0.3) is 11.5 Å². The molecule has 3 heterocycles. The van der Waals surface area contributed by atoms with E-state index in [-0.39, 0.29) is 17.0 Å². The molecule has 0 radical (unpaired) electrons. The topological polar surface area (TPSA) is 72.6 Å². The van der Waals surface area contributed by atoms with Crippen LogP contribution in [-0.4, -0.2) is 52.9 Å². The van der Waals surface area contributed by atoms with Gasteiger partial charge in [0.2, 0.25) is 0 Å². The zero-order valence-corrected chi connectivity index (χ0v) is 21.9. The van der Waals surface area contributed by atoms with Crippen LogP contribution in [0.4, 0.5) is 11.5 Å². The van der Waals surface area contributed by atoms with Crippen molar-refractivity contribution in [1.29, 1.82) is 5.26 Å². The molecule has 182 valence electrons. The number of thiocarbonyl (C=S) groups is 1. The standard InChI is InChI=1S/C26H29N5O2S2/c1-4-5-11-31-23(30-14-12-29(13-15-30)19-9-7-6-8-10-19)20(18(2)21(17-27)24(31)32)16-22-25(33)28(3)26(34)35-22/h6-10,16H,4-5,11-15H2,1-3H3/b22-16-. The van der Waals surface area contributed by atoms with Crippen LogP contribution in [-0.2, 0) is 11.3 Å². The Morgan fingerprint density at radius 2 is 1.77 bits per heavy atom. The number of hydrogen-bond acceptors (Lipinski definition) is 7. The van der Waals surface area contributed by atoms with Crippen LogP contribution in [0.25, 0.3) is 6.08 Å². The Morgan fingerprint density at radius 1 is 1.11 bits per heavy atom. The third-order valence-electron chi connectivity index (χ3n) is 6.54. The summed E-state index contributed by atoms with van der Waals surface area (Å²) >= 11 is 6.57. The molecular weight excluding hydrogens is 478 g/mol. The molecule has 0 unspecified atom stereocenters. The van der Waals surface area contributed by atoms with E-state index in [1.54, 1.807) is 18.5 Å². The molecule has 0 atom stereocenters. The average Bonchev–Trinajstić information content (AvgIpc) is 3.12. The number of hydrogen-bond donors (Lipinski definition) is 0. The number of carbonyl (C=O) groups is 1. The number of piperazine rings is 1. The number of carbonyl (C=O) groups excluding carboxylic acids is 1. The van der Waals surface area contributed by atoms with Gasteiger partial charge >= 0.3 is 0 Å². The Labute approximate surface area is 215 Å². The van der Waals surface area contributed by atoms with Crippen LogP contribution in [0.5, 0.6) is 0 Å². The van der Waals surface area contributed by atoms with E-state index < -0.39 is 0 Å². The van der Waals surface area contributed by atoms with Gasteiger partial charge < -0.3 is 9.80 Å². The first kappa shape index (κ1) is 25.0. The van der Waals surface area contributed by atoms with Crippen LogP contribution in [0.3, 0.4) is 0 Å². The number of anilines is 2. The maximum atomic E-state index is 13.4. The molecule has 1 aromatic heterocycles. The number of unbranched alkanes of at least 4 members (excludes halogenated alkanes) is 1. The number of likely N-dealkylation sites (N-methyl/N-ethyl adjacent to an activating group) is 1. The number of amides is 1. The predicted molar refractivity (Wildman–Crippen MR) is 147 cm³/mol. The van der Waals surface area contributed by atoms with E-state index in [1.807, 2.05) is 24.3 Å². The molecule has 1 amide bonds. The molecular formula is C26H29N5O2S2. The van der Waals surface area contributed by atoms with Crippen LogP contribution >= 0.6 is 24.0 Å². The normalized spacial score (nSPS) is 17.4. The minimum atomic E-state index is -0.265. The molecule has 2 aromatic rings. The highest BCUT2D eigenvalue weighted by Gasteiger charge is 2.31. The van der Waals surface area contributed by atoms with Crippen molar-refractivity contribution in [2.75, 3.05) is 43.0 Å². The van der Waals surface area contributed by atoms with Crippen molar-refractivity contribution >= 4 is 51.8 Å². The lowest BCUT2D eigenvalue weighted by atomic mass is 10.0. The van der Waals surface area contributed by atoms with Crippen molar-refractivity contribution in [3.05, 3.63) is 62.3 Å². The maximum Gasteiger partial charge on any atom is 0.270 e. The number of nitrogens with zero attached hydrogens (tertiary/aromatic N) is 5. The summed E-state index contributed by atoms with van der Waals surface area (Å²) in [6, 6.07) is 12.4. The molecule has 0 saturated carbocycles. The Balaban J connectivity index is 1.81. The van der Waals surface area contributed by atoms with Gasteiger partial charge in [-0.3, -0.25) is 19.1 Å².